The van der Waals surface area contributed by atoms with Gasteiger partial charge in [-0.05, 0) is 24.6 Å². The number of aromatic nitrogens is 2. The van der Waals surface area contributed by atoms with Crippen LogP contribution in [-0.2, 0) is 11.3 Å². The Morgan fingerprint density at radius 3 is 2.72 bits per heavy atom. The lowest BCUT2D eigenvalue weighted by Gasteiger charge is -2.09. The summed E-state index contributed by atoms with van der Waals surface area (Å²) in [5.41, 5.74) is 2.08. The normalized spacial score (nSPS) is 12.3. The van der Waals surface area contributed by atoms with Crippen LogP contribution >= 0.6 is 0 Å². The Balaban J connectivity index is 1.98. The molecule has 1 heterocycles. The monoisotopic (exact) mass is 245 g/mol. The van der Waals surface area contributed by atoms with Crippen molar-refractivity contribution in [2.75, 3.05) is 0 Å². The van der Waals surface area contributed by atoms with Gasteiger partial charge in [0.25, 0.3) is 0 Å². The Morgan fingerprint density at radius 1 is 1.44 bits per heavy atom. The molecule has 1 aromatic carbocycles. The first-order chi connectivity index (χ1) is 8.66. The topological polar surface area (TPSA) is 67.2 Å². The van der Waals surface area contributed by atoms with Crippen LogP contribution in [-0.4, -0.2) is 26.7 Å². The van der Waals surface area contributed by atoms with Crippen molar-refractivity contribution in [2.45, 2.75) is 19.5 Å². The van der Waals surface area contributed by atoms with Crippen LogP contribution < -0.4 is 5.32 Å². The minimum atomic E-state index is -0.843. The lowest BCUT2D eigenvalue weighted by molar-refractivity contribution is -0.139. The Hall–Kier alpha value is -2.14. The van der Waals surface area contributed by atoms with Crippen molar-refractivity contribution in [1.29, 1.82) is 0 Å². The van der Waals surface area contributed by atoms with E-state index in [-0.39, 0.29) is 0 Å². The van der Waals surface area contributed by atoms with Crippen molar-refractivity contribution in [3.05, 3.63) is 48.5 Å². The smallest absolute Gasteiger partial charge is 0.320 e. The van der Waals surface area contributed by atoms with Crippen molar-refractivity contribution in [3.63, 3.8) is 0 Å². The van der Waals surface area contributed by atoms with Crippen molar-refractivity contribution in [1.82, 2.24) is 14.9 Å². The van der Waals surface area contributed by atoms with Gasteiger partial charge in [-0.15, -0.1) is 0 Å². The van der Waals surface area contributed by atoms with Gasteiger partial charge in [0.2, 0.25) is 0 Å². The molecule has 1 aromatic heterocycles. The third-order valence-corrected chi connectivity index (χ3v) is 2.72. The van der Waals surface area contributed by atoms with Crippen LogP contribution in [0.15, 0.2) is 43.0 Å². The van der Waals surface area contributed by atoms with Gasteiger partial charge in [0.05, 0.1) is 6.33 Å². The fraction of sp³-hybridized carbons (Fsp3) is 0.231. The lowest BCUT2D eigenvalue weighted by Crippen LogP contribution is -2.33. The van der Waals surface area contributed by atoms with Gasteiger partial charge in [0, 0.05) is 24.6 Å². The third kappa shape index (κ3) is 2.95. The molecule has 0 aliphatic heterocycles. The molecule has 2 N–H and O–H groups in total. The highest BCUT2D eigenvalue weighted by Gasteiger charge is 2.08. The zero-order valence-electron chi connectivity index (χ0n) is 10.1. The molecule has 0 spiro atoms. The summed E-state index contributed by atoms with van der Waals surface area (Å²) in [6.07, 6.45) is 5.34. The molecule has 0 saturated heterocycles. The fourth-order valence-electron chi connectivity index (χ4n) is 1.56. The van der Waals surface area contributed by atoms with Crippen LogP contribution in [0.4, 0.5) is 0 Å². The van der Waals surface area contributed by atoms with Crippen molar-refractivity contribution in [3.8, 4) is 5.69 Å². The van der Waals surface area contributed by atoms with Gasteiger partial charge in [0.15, 0.2) is 0 Å². The van der Waals surface area contributed by atoms with Gasteiger partial charge in [-0.2, -0.15) is 0 Å². The zero-order chi connectivity index (χ0) is 13.0. The summed E-state index contributed by atoms with van der Waals surface area (Å²) in [5.74, 6) is -0.843. The molecule has 2 rings (SSSR count). The number of nitrogens with one attached hydrogen (secondary N) is 1. The van der Waals surface area contributed by atoms with Crippen molar-refractivity contribution < 1.29 is 9.90 Å². The van der Waals surface area contributed by atoms with E-state index < -0.39 is 12.0 Å². The Kier molecular flexibility index (Phi) is 3.74. The van der Waals surface area contributed by atoms with E-state index in [0.29, 0.717) is 6.54 Å². The number of carboxylic acid groups (broad SMARTS) is 1. The van der Waals surface area contributed by atoms with E-state index in [0.717, 1.165) is 11.3 Å². The molecule has 94 valence electrons. The predicted octanol–water partition coefficient (Wildman–Crippen LogP) is 1.44. The predicted molar refractivity (Wildman–Crippen MR) is 67.5 cm³/mol. The van der Waals surface area contributed by atoms with E-state index in [1.54, 1.807) is 19.4 Å². The highest BCUT2D eigenvalue weighted by atomic mass is 16.4. The number of hydrogen-bond acceptors (Lipinski definition) is 3. The number of nitrogens with zero attached hydrogens (tertiary/aromatic N) is 2. The first-order valence-electron chi connectivity index (χ1n) is 5.70. The molecule has 0 saturated carbocycles. The minimum Gasteiger partial charge on any atom is -0.480 e. The number of hydrogen-bond donors (Lipinski definition) is 2. The summed E-state index contributed by atoms with van der Waals surface area (Å²) in [7, 11) is 0. The average molecular weight is 245 g/mol. The van der Waals surface area contributed by atoms with Gasteiger partial charge < -0.3 is 15.0 Å². The van der Waals surface area contributed by atoms with E-state index in [1.807, 2.05) is 35.0 Å². The molecule has 0 aliphatic rings. The highest BCUT2D eigenvalue weighted by molar-refractivity contribution is 5.72. The van der Waals surface area contributed by atoms with E-state index in [4.69, 9.17) is 5.11 Å². The van der Waals surface area contributed by atoms with Crippen LogP contribution in [0.3, 0.4) is 0 Å². The standard InChI is InChI=1S/C13H15N3O2/c1-10(13(17)18)15-8-11-2-4-12(5-3-11)16-7-6-14-9-16/h2-7,9-10,15H,8H2,1H3,(H,17,18). The number of imidazole rings is 1. The van der Waals surface area contributed by atoms with Crippen LogP contribution in [0, 0.1) is 0 Å². The largest absolute Gasteiger partial charge is 0.480 e. The first kappa shape index (κ1) is 12.3. The zero-order valence-corrected chi connectivity index (χ0v) is 10.1. The molecule has 5 nitrogen and oxygen atoms in total. The first-order valence-corrected chi connectivity index (χ1v) is 5.70. The number of carboxylic acids is 1. The van der Waals surface area contributed by atoms with Crippen LogP contribution in [0.2, 0.25) is 0 Å². The lowest BCUT2D eigenvalue weighted by atomic mass is 10.2. The molecule has 1 unspecified atom stereocenters. The van der Waals surface area contributed by atoms with E-state index in [2.05, 4.69) is 10.3 Å². The summed E-state index contributed by atoms with van der Waals surface area (Å²) in [6, 6.07) is 7.35. The molecular weight excluding hydrogens is 230 g/mol. The van der Waals surface area contributed by atoms with Crippen molar-refractivity contribution >= 4 is 5.97 Å². The maximum atomic E-state index is 10.7. The SMILES string of the molecule is CC(NCc1ccc(-n2ccnc2)cc1)C(=O)O. The molecule has 1 atom stereocenters. The van der Waals surface area contributed by atoms with Gasteiger partial charge in [-0.3, -0.25) is 4.79 Å². The maximum Gasteiger partial charge on any atom is 0.320 e. The second-order valence-corrected chi connectivity index (χ2v) is 4.08. The maximum absolute atomic E-state index is 10.7. The van der Waals surface area contributed by atoms with Gasteiger partial charge in [-0.1, -0.05) is 12.1 Å². The van der Waals surface area contributed by atoms with Crippen molar-refractivity contribution in [2.24, 2.45) is 0 Å². The third-order valence-electron chi connectivity index (χ3n) is 2.72. The van der Waals surface area contributed by atoms with E-state index in [1.165, 1.54) is 0 Å². The van der Waals surface area contributed by atoms with Crippen LogP contribution in [0.1, 0.15) is 12.5 Å². The summed E-state index contributed by atoms with van der Waals surface area (Å²) in [4.78, 5) is 14.6. The molecular formula is C13H15N3O2. The quantitative estimate of drug-likeness (QED) is 0.836. The van der Waals surface area contributed by atoms with E-state index in [9.17, 15) is 4.79 Å². The van der Waals surface area contributed by atoms with Gasteiger partial charge in [0.1, 0.15) is 6.04 Å². The molecule has 0 amide bonds. The molecule has 0 fully saturated rings. The summed E-state index contributed by atoms with van der Waals surface area (Å²) < 4.78 is 1.91. The fourth-order valence-corrected chi connectivity index (χ4v) is 1.56. The van der Waals surface area contributed by atoms with Gasteiger partial charge >= 0.3 is 5.97 Å². The highest BCUT2D eigenvalue weighted by Crippen LogP contribution is 2.09. The second kappa shape index (κ2) is 5.46. The Labute approximate surface area is 105 Å². The average Bonchev–Trinajstić information content (AvgIpc) is 2.90. The minimum absolute atomic E-state index is 0.539. The Bertz CT molecular complexity index is 506. The van der Waals surface area contributed by atoms with Crippen LogP contribution in [0.25, 0.3) is 5.69 Å². The number of rotatable bonds is 5. The molecule has 5 heteroatoms. The molecule has 18 heavy (non-hydrogen) atoms. The Morgan fingerprint density at radius 2 is 2.17 bits per heavy atom. The van der Waals surface area contributed by atoms with Gasteiger partial charge in [-0.25, -0.2) is 4.98 Å². The van der Waals surface area contributed by atoms with E-state index >= 15 is 0 Å². The molecule has 2 aromatic rings. The number of benzene rings is 1. The number of aliphatic carboxylic acids is 1. The molecule has 0 bridgehead atoms. The molecule has 0 aliphatic carbocycles. The number of carbonyl (C=O) groups is 1. The summed E-state index contributed by atoms with van der Waals surface area (Å²) in [5, 5.41) is 11.7. The molecule has 0 radical (unpaired) electrons. The summed E-state index contributed by atoms with van der Waals surface area (Å²) in [6.45, 7) is 2.17. The summed E-state index contributed by atoms with van der Waals surface area (Å²) >= 11 is 0. The second-order valence-electron chi connectivity index (χ2n) is 4.08. The van der Waals surface area contributed by atoms with Crippen LogP contribution in [0.5, 0.6) is 0 Å².